The number of halogens is 1. The smallest absolute Gasteiger partial charge is 0.135 e. The quantitative estimate of drug-likeness (QED) is 0.910. The Morgan fingerprint density at radius 3 is 2.82 bits per heavy atom. The number of ether oxygens (including phenoxy) is 1. The number of rotatable bonds is 3. The van der Waals surface area contributed by atoms with E-state index in [9.17, 15) is 0 Å². The number of hydrogen-bond donors (Lipinski definition) is 2. The van der Waals surface area contributed by atoms with Crippen LogP contribution >= 0.6 is 15.9 Å². The Morgan fingerprint density at radius 1 is 1.29 bits per heavy atom. The van der Waals surface area contributed by atoms with Crippen LogP contribution in [0.1, 0.15) is 0 Å². The lowest BCUT2D eigenvalue weighted by atomic mass is 10.3. The van der Waals surface area contributed by atoms with Gasteiger partial charge in [-0.1, -0.05) is 0 Å². The van der Waals surface area contributed by atoms with Crippen molar-refractivity contribution in [2.75, 3.05) is 18.2 Å². The van der Waals surface area contributed by atoms with Gasteiger partial charge in [0, 0.05) is 17.8 Å². The lowest BCUT2D eigenvalue weighted by Crippen LogP contribution is -1.97. The molecular formula is C11H11BrN4O. The summed E-state index contributed by atoms with van der Waals surface area (Å²) >= 11 is 3.39. The molecule has 1 heterocycles. The van der Waals surface area contributed by atoms with Crippen molar-refractivity contribution in [1.29, 1.82) is 0 Å². The van der Waals surface area contributed by atoms with Crippen molar-refractivity contribution < 1.29 is 4.74 Å². The molecule has 17 heavy (non-hydrogen) atoms. The molecule has 3 N–H and O–H groups in total. The monoisotopic (exact) mass is 294 g/mol. The van der Waals surface area contributed by atoms with Crippen LogP contribution in [0.25, 0.3) is 0 Å². The van der Waals surface area contributed by atoms with Gasteiger partial charge in [-0.2, -0.15) is 0 Å². The van der Waals surface area contributed by atoms with Crippen LogP contribution in [0.2, 0.25) is 0 Å². The molecule has 0 aliphatic heterocycles. The maximum absolute atomic E-state index is 5.57. The van der Waals surface area contributed by atoms with Gasteiger partial charge in [-0.3, -0.25) is 0 Å². The van der Waals surface area contributed by atoms with Gasteiger partial charge in [-0.25, -0.2) is 9.97 Å². The van der Waals surface area contributed by atoms with Crippen molar-refractivity contribution in [3.8, 4) is 5.75 Å². The van der Waals surface area contributed by atoms with E-state index < -0.39 is 0 Å². The number of benzene rings is 1. The third kappa shape index (κ3) is 2.85. The fourth-order valence-corrected chi connectivity index (χ4v) is 1.73. The minimum absolute atomic E-state index is 0.423. The summed E-state index contributed by atoms with van der Waals surface area (Å²) < 4.78 is 6.10. The standard InChI is InChI=1S/C11H11BrN4O/c1-17-9-4-7(2-3-8(9)12)16-11-5-10(13)14-6-15-11/h2-6H,1H3,(H3,13,14,15,16). The van der Waals surface area contributed by atoms with Crippen molar-refractivity contribution in [2.24, 2.45) is 0 Å². The number of anilines is 3. The highest BCUT2D eigenvalue weighted by atomic mass is 79.9. The first-order valence-corrected chi connectivity index (χ1v) is 5.66. The van der Waals surface area contributed by atoms with Gasteiger partial charge in [-0.15, -0.1) is 0 Å². The molecule has 1 aromatic carbocycles. The largest absolute Gasteiger partial charge is 0.495 e. The maximum Gasteiger partial charge on any atom is 0.135 e. The zero-order valence-electron chi connectivity index (χ0n) is 9.14. The fourth-order valence-electron chi connectivity index (χ4n) is 1.33. The fraction of sp³-hybridized carbons (Fsp3) is 0.0909. The van der Waals surface area contributed by atoms with Gasteiger partial charge in [0.1, 0.15) is 23.7 Å². The highest BCUT2D eigenvalue weighted by Gasteiger charge is 2.02. The number of aromatic nitrogens is 2. The molecule has 0 amide bonds. The lowest BCUT2D eigenvalue weighted by molar-refractivity contribution is 0.412. The molecule has 5 nitrogen and oxygen atoms in total. The van der Waals surface area contributed by atoms with Gasteiger partial charge in [0.2, 0.25) is 0 Å². The third-order valence-corrected chi connectivity index (χ3v) is 2.77. The topological polar surface area (TPSA) is 73.1 Å². The van der Waals surface area contributed by atoms with Gasteiger partial charge in [0.25, 0.3) is 0 Å². The van der Waals surface area contributed by atoms with Gasteiger partial charge in [0.05, 0.1) is 11.6 Å². The Labute approximate surface area is 107 Å². The molecule has 0 fully saturated rings. The van der Waals surface area contributed by atoms with Crippen LogP contribution in [0.3, 0.4) is 0 Å². The Morgan fingerprint density at radius 2 is 2.12 bits per heavy atom. The second-order valence-corrected chi connectivity index (χ2v) is 4.16. The zero-order chi connectivity index (χ0) is 12.3. The second-order valence-electron chi connectivity index (χ2n) is 3.30. The predicted molar refractivity (Wildman–Crippen MR) is 70.4 cm³/mol. The predicted octanol–water partition coefficient (Wildman–Crippen LogP) is 2.57. The Hall–Kier alpha value is -1.82. The van der Waals surface area contributed by atoms with Gasteiger partial charge >= 0.3 is 0 Å². The van der Waals surface area contributed by atoms with E-state index in [0.717, 1.165) is 15.9 Å². The molecule has 0 atom stereocenters. The van der Waals surface area contributed by atoms with Crippen molar-refractivity contribution >= 4 is 33.3 Å². The van der Waals surface area contributed by atoms with Crippen LogP contribution in [0.15, 0.2) is 35.1 Å². The molecular weight excluding hydrogens is 284 g/mol. The van der Waals surface area contributed by atoms with Crippen LogP contribution in [0, 0.1) is 0 Å². The normalized spacial score (nSPS) is 10.0. The lowest BCUT2D eigenvalue weighted by Gasteiger charge is -2.08. The molecule has 0 saturated carbocycles. The summed E-state index contributed by atoms with van der Waals surface area (Å²) in [5.41, 5.74) is 6.43. The summed E-state index contributed by atoms with van der Waals surface area (Å²) in [6, 6.07) is 7.33. The van der Waals surface area contributed by atoms with Crippen molar-refractivity contribution in [2.45, 2.75) is 0 Å². The third-order valence-electron chi connectivity index (χ3n) is 2.11. The molecule has 0 bridgehead atoms. The molecule has 88 valence electrons. The highest BCUT2D eigenvalue weighted by Crippen LogP contribution is 2.29. The Bertz CT molecular complexity index is 533. The molecule has 0 aliphatic rings. The van der Waals surface area contributed by atoms with E-state index >= 15 is 0 Å². The summed E-state index contributed by atoms with van der Waals surface area (Å²) in [6.45, 7) is 0. The minimum Gasteiger partial charge on any atom is -0.495 e. The molecule has 1 aromatic heterocycles. The zero-order valence-corrected chi connectivity index (χ0v) is 10.7. The first kappa shape index (κ1) is 11.7. The number of nitrogens with one attached hydrogen (secondary N) is 1. The first-order valence-electron chi connectivity index (χ1n) is 4.87. The molecule has 0 unspecified atom stereocenters. The number of nitrogens with two attached hydrogens (primary N) is 1. The summed E-state index contributed by atoms with van der Waals surface area (Å²) in [5.74, 6) is 1.81. The molecule has 2 aromatic rings. The molecule has 0 saturated heterocycles. The van der Waals surface area contributed by atoms with Crippen molar-refractivity contribution in [3.63, 3.8) is 0 Å². The highest BCUT2D eigenvalue weighted by molar-refractivity contribution is 9.10. The van der Waals surface area contributed by atoms with E-state index in [1.165, 1.54) is 6.33 Å². The summed E-state index contributed by atoms with van der Waals surface area (Å²) in [6.07, 6.45) is 1.41. The average Bonchev–Trinajstić information content (AvgIpc) is 2.32. The molecule has 2 rings (SSSR count). The second kappa shape index (κ2) is 5.01. The SMILES string of the molecule is COc1cc(Nc2cc(N)ncn2)ccc1Br. The van der Waals surface area contributed by atoms with Crippen LogP contribution in [0.4, 0.5) is 17.3 Å². The van der Waals surface area contributed by atoms with Gasteiger partial charge in [-0.05, 0) is 28.1 Å². The van der Waals surface area contributed by atoms with E-state index in [1.54, 1.807) is 13.2 Å². The van der Waals surface area contributed by atoms with E-state index in [2.05, 4.69) is 31.2 Å². The summed E-state index contributed by atoms with van der Waals surface area (Å²) in [5, 5.41) is 3.11. The average molecular weight is 295 g/mol. The van der Waals surface area contributed by atoms with Crippen molar-refractivity contribution in [3.05, 3.63) is 35.1 Å². The first-order chi connectivity index (χ1) is 8.19. The molecule has 0 radical (unpaired) electrons. The maximum atomic E-state index is 5.57. The number of methoxy groups -OCH3 is 1. The number of nitrogen functional groups attached to an aromatic ring is 1. The van der Waals surface area contributed by atoms with Crippen molar-refractivity contribution in [1.82, 2.24) is 9.97 Å². The van der Waals surface area contributed by atoms with Crippen LogP contribution < -0.4 is 15.8 Å². The van der Waals surface area contributed by atoms with E-state index in [4.69, 9.17) is 10.5 Å². The Kier molecular flexibility index (Phi) is 3.43. The van der Waals surface area contributed by atoms with E-state index in [-0.39, 0.29) is 0 Å². The Balaban J connectivity index is 2.24. The van der Waals surface area contributed by atoms with E-state index in [0.29, 0.717) is 11.6 Å². The number of nitrogens with zero attached hydrogens (tertiary/aromatic N) is 2. The van der Waals surface area contributed by atoms with Gasteiger partial charge < -0.3 is 15.8 Å². The summed E-state index contributed by atoms with van der Waals surface area (Å²) in [7, 11) is 1.62. The minimum atomic E-state index is 0.423. The molecule has 0 aliphatic carbocycles. The van der Waals surface area contributed by atoms with Crippen LogP contribution in [-0.4, -0.2) is 17.1 Å². The van der Waals surface area contributed by atoms with Gasteiger partial charge in [0.15, 0.2) is 0 Å². The van der Waals surface area contributed by atoms with Crippen LogP contribution in [0.5, 0.6) is 5.75 Å². The van der Waals surface area contributed by atoms with E-state index in [1.807, 2.05) is 18.2 Å². The summed E-state index contributed by atoms with van der Waals surface area (Å²) in [4.78, 5) is 7.88. The number of hydrogen-bond acceptors (Lipinski definition) is 5. The molecule has 0 spiro atoms. The molecule has 6 heteroatoms. The van der Waals surface area contributed by atoms with Crippen LogP contribution in [-0.2, 0) is 0 Å².